The molecule has 3 N–H and O–H groups in total. The van der Waals surface area contributed by atoms with E-state index in [1.165, 1.54) is 7.11 Å². The lowest BCUT2D eigenvalue weighted by Gasteiger charge is -2.36. The van der Waals surface area contributed by atoms with E-state index in [2.05, 4.69) is 0 Å². The van der Waals surface area contributed by atoms with Crippen LogP contribution in [0.5, 0.6) is 11.5 Å². The van der Waals surface area contributed by atoms with Crippen LogP contribution in [-0.2, 0) is 11.7 Å². The van der Waals surface area contributed by atoms with E-state index in [-0.39, 0.29) is 11.3 Å². The topological polar surface area (TPSA) is 55.5 Å². The molecule has 0 saturated heterocycles. The maximum absolute atomic E-state index is 13.2. The van der Waals surface area contributed by atoms with E-state index in [1.54, 1.807) is 0 Å². The molecule has 1 aromatic carbocycles. The van der Waals surface area contributed by atoms with Gasteiger partial charge in [0.1, 0.15) is 0 Å². The molecule has 2 rings (SSSR count). The van der Waals surface area contributed by atoms with E-state index in [1.807, 2.05) is 0 Å². The molecule has 0 aromatic heterocycles. The molecule has 0 amide bonds. The van der Waals surface area contributed by atoms with Gasteiger partial charge in [-0.15, -0.1) is 0 Å². The quantitative estimate of drug-likeness (QED) is 0.875. The van der Waals surface area contributed by atoms with E-state index in [4.69, 9.17) is 10.5 Å². The van der Waals surface area contributed by atoms with Crippen molar-refractivity contribution in [2.75, 3.05) is 7.11 Å². The van der Waals surface area contributed by atoms with Crippen molar-refractivity contribution in [2.24, 2.45) is 5.73 Å². The van der Waals surface area contributed by atoms with Gasteiger partial charge in [-0.3, -0.25) is 0 Å². The van der Waals surface area contributed by atoms with Crippen LogP contribution >= 0.6 is 0 Å². The van der Waals surface area contributed by atoms with Crippen LogP contribution in [0, 0.1) is 0 Å². The highest BCUT2D eigenvalue weighted by molar-refractivity contribution is 5.54. The van der Waals surface area contributed by atoms with Crippen LogP contribution in [0.1, 0.15) is 43.2 Å². The molecule has 20 heavy (non-hydrogen) atoms. The minimum atomic E-state index is -4.55. The molecule has 0 spiro atoms. The summed E-state index contributed by atoms with van der Waals surface area (Å²) in [7, 11) is 1.30. The number of nitrogens with two attached hydrogens (primary N) is 1. The van der Waals surface area contributed by atoms with E-state index >= 15 is 0 Å². The number of alkyl halides is 3. The second-order valence-electron chi connectivity index (χ2n) is 5.25. The van der Waals surface area contributed by atoms with Crippen LogP contribution in [0.25, 0.3) is 0 Å². The van der Waals surface area contributed by atoms with Crippen LogP contribution in [0.2, 0.25) is 0 Å². The van der Waals surface area contributed by atoms with E-state index in [9.17, 15) is 18.3 Å². The Bertz CT molecular complexity index is 494. The third-order valence-electron chi connectivity index (χ3n) is 3.91. The van der Waals surface area contributed by atoms with Crippen molar-refractivity contribution < 1.29 is 23.0 Å². The molecule has 1 aromatic rings. The van der Waals surface area contributed by atoms with Crippen LogP contribution in [0.4, 0.5) is 13.2 Å². The Hall–Kier alpha value is -1.43. The molecule has 0 atom stereocenters. The number of phenols is 1. The number of hydrogen-bond donors (Lipinski definition) is 2. The van der Waals surface area contributed by atoms with Gasteiger partial charge in [-0.1, -0.05) is 19.3 Å². The average Bonchev–Trinajstić information content (AvgIpc) is 2.37. The molecule has 0 aliphatic heterocycles. The summed E-state index contributed by atoms with van der Waals surface area (Å²) < 4.78 is 44.5. The molecule has 112 valence electrons. The second kappa shape index (κ2) is 5.16. The largest absolute Gasteiger partial charge is 0.504 e. The molecule has 1 saturated carbocycles. The highest BCUT2D eigenvalue weighted by Crippen LogP contribution is 2.48. The third kappa shape index (κ3) is 2.57. The Morgan fingerprint density at radius 3 is 2.30 bits per heavy atom. The maximum atomic E-state index is 13.2. The van der Waals surface area contributed by atoms with E-state index in [0.717, 1.165) is 31.4 Å². The first kappa shape index (κ1) is 15.0. The number of methoxy groups -OCH3 is 1. The lowest BCUT2D eigenvalue weighted by Crippen LogP contribution is -2.40. The summed E-state index contributed by atoms with van der Waals surface area (Å²) in [4.78, 5) is 0. The molecule has 0 unspecified atom stereocenters. The summed E-state index contributed by atoms with van der Waals surface area (Å²) in [5, 5.41) is 10.1. The molecule has 1 aliphatic rings. The first-order valence-corrected chi connectivity index (χ1v) is 6.56. The summed E-state index contributed by atoms with van der Waals surface area (Å²) in [6.45, 7) is 0. The van der Waals surface area contributed by atoms with Crippen LogP contribution < -0.4 is 10.5 Å². The fourth-order valence-corrected chi connectivity index (χ4v) is 2.91. The molecule has 3 nitrogen and oxygen atoms in total. The molecule has 0 heterocycles. The number of ether oxygens (including phenoxy) is 1. The van der Waals surface area contributed by atoms with Gasteiger partial charge in [-0.05, 0) is 25.0 Å². The standard InChI is InChI=1S/C14H18F3NO2/c1-20-10-6-5-9(14(15,16)17)11(12(10)19)13(18)7-3-2-4-8-13/h5-6,19H,2-4,7-8,18H2,1H3. The maximum Gasteiger partial charge on any atom is 0.416 e. The Labute approximate surface area is 115 Å². The highest BCUT2D eigenvalue weighted by Gasteiger charge is 2.43. The lowest BCUT2D eigenvalue weighted by atomic mass is 9.75. The number of phenolic OH excluding ortho intramolecular Hbond substituents is 1. The van der Waals surface area contributed by atoms with Gasteiger partial charge < -0.3 is 15.6 Å². The second-order valence-corrected chi connectivity index (χ2v) is 5.25. The van der Waals surface area contributed by atoms with Crippen molar-refractivity contribution in [2.45, 2.75) is 43.8 Å². The van der Waals surface area contributed by atoms with Crippen LogP contribution in [-0.4, -0.2) is 12.2 Å². The number of halogens is 3. The predicted octanol–water partition coefficient (Wildman–Crippen LogP) is 3.54. The normalized spacial score (nSPS) is 18.9. The Kier molecular flexibility index (Phi) is 3.86. The molecule has 1 aliphatic carbocycles. The summed E-state index contributed by atoms with van der Waals surface area (Å²) in [6, 6.07) is 2.05. The Morgan fingerprint density at radius 1 is 1.20 bits per heavy atom. The summed E-state index contributed by atoms with van der Waals surface area (Å²) in [6.07, 6.45) is -1.24. The minimum Gasteiger partial charge on any atom is -0.504 e. The lowest BCUT2D eigenvalue weighted by molar-refractivity contribution is -0.139. The van der Waals surface area contributed by atoms with Gasteiger partial charge in [0.15, 0.2) is 11.5 Å². The smallest absolute Gasteiger partial charge is 0.416 e. The minimum absolute atomic E-state index is 0.0170. The predicted molar refractivity (Wildman–Crippen MR) is 68.6 cm³/mol. The van der Waals surface area contributed by atoms with Crippen LogP contribution in [0.3, 0.4) is 0 Å². The van der Waals surface area contributed by atoms with Crippen molar-refractivity contribution in [1.29, 1.82) is 0 Å². The van der Waals surface area contributed by atoms with Crippen molar-refractivity contribution in [1.82, 2.24) is 0 Å². The molecular formula is C14H18F3NO2. The average molecular weight is 289 g/mol. The Balaban J connectivity index is 2.63. The van der Waals surface area contributed by atoms with Crippen molar-refractivity contribution in [3.8, 4) is 11.5 Å². The Morgan fingerprint density at radius 2 is 1.80 bits per heavy atom. The van der Waals surface area contributed by atoms with Gasteiger partial charge in [0, 0.05) is 11.1 Å². The summed E-state index contributed by atoms with van der Waals surface area (Å²) in [5.41, 5.74) is 3.93. The van der Waals surface area contributed by atoms with Crippen molar-refractivity contribution >= 4 is 0 Å². The first-order chi connectivity index (χ1) is 9.29. The molecule has 0 bridgehead atoms. The van der Waals surface area contributed by atoms with E-state index < -0.39 is 23.0 Å². The van der Waals surface area contributed by atoms with Gasteiger partial charge >= 0.3 is 6.18 Å². The molecule has 1 fully saturated rings. The van der Waals surface area contributed by atoms with Gasteiger partial charge in [0.05, 0.1) is 12.7 Å². The van der Waals surface area contributed by atoms with Crippen molar-refractivity contribution in [3.05, 3.63) is 23.3 Å². The van der Waals surface area contributed by atoms with Gasteiger partial charge in [0.2, 0.25) is 0 Å². The molecule has 6 heteroatoms. The number of hydrogen-bond acceptors (Lipinski definition) is 3. The zero-order valence-electron chi connectivity index (χ0n) is 11.3. The van der Waals surface area contributed by atoms with Gasteiger partial charge in [-0.2, -0.15) is 13.2 Å². The number of rotatable bonds is 2. The first-order valence-electron chi connectivity index (χ1n) is 6.56. The fourth-order valence-electron chi connectivity index (χ4n) is 2.91. The SMILES string of the molecule is COc1ccc(C(F)(F)F)c(C2(N)CCCCC2)c1O. The zero-order chi connectivity index (χ0) is 15.0. The molecule has 0 radical (unpaired) electrons. The summed E-state index contributed by atoms with van der Waals surface area (Å²) in [5.74, 6) is -0.477. The summed E-state index contributed by atoms with van der Waals surface area (Å²) >= 11 is 0. The third-order valence-corrected chi connectivity index (χ3v) is 3.91. The fraction of sp³-hybridized carbons (Fsp3) is 0.571. The number of benzene rings is 1. The number of aromatic hydroxyl groups is 1. The van der Waals surface area contributed by atoms with Gasteiger partial charge in [0.25, 0.3) is 0 Å². The zero-order valence-corrected chi connectivity index (χ0v) is 11.3. The van der Waals surface area contributed by atoms with Gasteiger partial charge in [-0.25, -0.2) is 0 Å². The highest BCUT2D eigenvalue weighted by atomic mass is 19.4. The van der Waals surface area contributed by atoms with E-state index in [0.29, 0.717) is 12.8 Å². The molecular weight excluding hydrogens is 271 g/mol. The van der Waals surface area contributed by atoms with Crippen molar-refractivity contribution in [3.63, 3.8) is 0 Å². The van der Waals surface area contributed by atoms with Crippen LogP contribution in [0.15, 0.2) is 12.1 Å². The monoisotopic (exact) mass is 289 g/mol.